The number of aromatic nitrogens is 1. The van der Waals surface area contributed by atoms with Gasteiger partial charge in [0, 0.05) is 18.5 Å². The zero-order chi connectivity index (χ0) is 15.6. The largest absolute Gasteiger partial charge is 0.244 e. The van der Waals surface area contributed by atoms with Crippen LogP contribution >= 0.6 is 0 Å². The van der Waals surface area contributed by atoms with Crippen LogP contribution in [0.1, 0.15) is 45.7 Å². The van der Waals surface area contributed by atoms with Crippen LogP contribution in [-0.4, -0.2) is 28.6 Å². The van der Waals surface area contributed by atoms with Crippen molar-refractivity contribution in [3.8, 4) is 0 Å². The zero-order valence-electron chi connectivity index (χ0n) is 12.5. The molecule has 2 unspecified atom stereocenters. The van der Waals surface area contributed by atoms with E-state index >= 15 is 0 Å². The van der Waals surface area contributed by atoms with Crippen LogP contribution in [0, 0.1) is 0 Å². The molecule has 2 atom stereocenters. The molecular formula is C13H22N2O3S2. The van der Waals surface area contributed by atoms with Crippen LogP contribution in [0.25, 0.3) is 0 Å². The lowest BCUT2D eigenvalue weighted by atomic mass is 10.1. The second-order valence-electron chi connectivity index (χ2n) is 5.66. The second-order valence-corrected chi connectivity index (χ2v) is 9.62. The van der Waals surface area contributed by atoms with E-state index in [1.807, 2.05) is 27.7 Å². The number of nitrogens with zero attached hydrogens (tertiary/aromatic N) is 1. The van der Waals surface area contributed by atoms with Crippen LogP contribution in [0.5, 0.6) is 0 Å². The highest BCUT2D eigenvalue weighted by molar-refractivity contribution is 7.90. The highest BCUT2D eigenvalue weighted by atomic mass is 32.2. The predicted octanol–water partition coefficient (Wildman–Crippen LogP) is 1.99. The van der Waals surface area contributed by atoms with E-state index in [0.29, 0.717) is 0 Å². The van der Waals surface area contributed by atoms with Crippen molar-refractivity contribution in [2.24, 2.45) is 0 Å². The maximum atomic E-state index is 12.1. The van der Waals surface area contributed by atoms with Gasteiger partial charge in [-0.1, -0.05) is 13.0 Å². The van der Waals surface area contributed by atoms with E-state index in [9.17, 15) is 12.6 Å². The third-order valence-electron chi connectivity index (χ3n) is 2.76. The molecule has 0 amide bonds. The van der Waals surface area contributed by atoms with Gasteiger partial charge < -0.3 is 0 Å². The fourth-order valence-electron chi connectivity index (χ4n) is 1.51. The first-order valence-corrected chi connectivity index (χ1v) is 9.44. The van der Waals surface area contributed by atoms with Crippen molar-refractivity contribution < 1.29 is 12.6 Å². The quantitative estimate of drug-likeness (QED) is 0.901. The van der Waals surface area contributed by atoms with Crippen LogP contribution in [0.2, 0.25) is 0 Å². The fourth-order valence-corrected chi connectivity index (χ4v) is 2.98. The summed E-state index contributed by atoms with van der Waals surface area (Å²) in [6, 6.07) is 3.08. The summed E-state index contributed by atoms with van der Waals surface area (Å²) in [5, 5.41) is 0.0491. The highest BCUT2D eigenvalue weighted by Gasteiger charge is 2.23. The molecule has 1 aromatic rings. The Hall–Kier alpha value is -0.790. The molecular weight excluding hydrogens is 296 g/mol. The summed E-state index contributed by atoms with van der Waals surface area (Å²) >= 11 is 0. The first-order valence-electron chi connectivity index (χ1n) is 6.39. The van der Waals surface area contributed by atoms with Crippen LogP contribution in [0.4, 0.5) is 0 Å². The summed E-state index contributed by atoms with van der Waals surface area (Å²) in [6.07, 6.45) is 3.39. The lowest BCUT2D eigenvalue weighted by Crippen LogP contribution is -2.35. The van der Waals surface area contributed by atoms with Crippen LogP contribution in [0.3, 0.4) is 0 Å². The number of sulfone groups is 1. The maximum absolute atomic E-state index is 12.1. The van der Waals surface area contributed by atoms with E-state index < -0.39 is 20.8 Å². The number of rotatable bonds is 5. The monoisotopic (exact) mass is 318 g/mol. The summed E-state index contributed by atoms with van der Waals surface area (Å²) in [5.74, 6) is 0. The molecule has 0 aromatic carbocycles. The molecule has 0 spiro atoms. The van der Waals surface area contributed by atoms with Gasteiger partial charge in [-0.15, -0.1) is 0 Å². The van der Waals surface area contributed by atoms with Gasteiger partial charge in [0.25, 0.3) is 0 Å². The van der Waals surface area contributed by atoms with Gasteiger partial charge in [0.2, 0.25) is 0 Å². The molecule has 0 bridgehead atoms. The SMILES string of the molecule is CCC(NS(=O)C(C)(C)C)c1ccc(S(C)(=O)=O)nc1. The molecule has 1 aromatic heterocycles. The minimum atomic E-state index is -3.29. The van der Waals surface area contributed by atoms with E-state index in [1.54, 1.807) is 6.07 Å². The van der Waals surface area contributed by atoms with Gasteiger partial charge in [-0.05, 0) is 38.8 Å². The summed E-state index contributed by atoms with van der Waals surface area (Å²) in [5.41, 5.74) is 0.831. The Morgan fingerprint density at radius 2 is 1.95 bits per heavy atom. The number of hydrogen-bond acceptors (Lipinski definition) is 4. The molecule has 0 aliphatic rings. The summed E-state index contributed by atoms with van der Waals surface area (Å²) in [4.78, 5) is 3.96. The Labute approximate surface area is 123 Å². The van der Waals surface area contributed by atoms with Crippen LogP contribution in [0.15, 0.2) is 23.4 Å². The van der Waals surface area contributed by atoms with E-state index in [0.717, 1.165) is 18.2 Å². The number of hydrogen-bond donors (Lipinski definition) is 1. The van der Waals surface area contributed by atoms with Crippen molar-refractivity contribution in [2.75, 3.05) is 6.26 Å². The molecule has 0 saturated heterocycles. The van der Waals surface area contributed by atoms with Crippen molar-refractivity contribution in [1.29, 1.82) is 0 Å². The zero-order valence-corrected chi connectivity index (χ0v) is 14.1. The molecule has 0 fully saturated rings. The number of nitrogens with one attached hydrogen (secondary N) is 1. The van der Waals surface area contributed by atoms with Gasteiger partial charge in [0.1, 0.15) is 0 Å². The molecule has 1 heterocycles. The first kappa shape index (κ1) is 17.3. The van der Waals surface area contributed by atoms with Gasteiger partial charge in [0.05, 0.1) is 15.7 Å². The van der Waals surface area contributed by atoms with Gasteiger partial charge in [0.15, 0.2) is 14.9 Å². The molecule has 114 valence electrons. The summed E-state index contributed by atoms with van der Waals surface area (Å²) in [7, 11) is -4.48. The van der Waals surface area contributed by atoms with Crippen LogP contribution in [-0.2, 0) is 20.8 Å². The minimum Gasteiger partial charge on any atom is -0.244 e. The first-order chi connectivity index (χ1) is 9.05. The summed E-state index contributed by atoms with van der Waals surface area (Å²) in [6.45, 7) is 7.66. The van der Waals surface area contributed by atoms with Gasteiger partial charge in [-0.3, -0.25) is 0 Å². The maximum Gasteiger partial charge on any atom is 0.192 e. The van der Waals surface area contributed by atoms with Crippen molar-refractivity contribution >= 4 is 20.8 Å². The van der Waals surface area contributed by atoms with Crippen molar-refractivity contribution in [3.63, 3.8) is 0 Å². The average molecular weight is 318 g/mol. The third kappa shape index (κ3) is 4.64. The van der Waals surface area contributed by atoms with E-state index in [1.165, 1.54) is 12.3 Å². The Kier molecular flexibility index (Phi) is 5.46. The topological polar surface area (TPSA) is 76.1 Å². The van der Waals surface area contributed by atoms with E-state index in [4.69, 9.17) is 0 Å². The van der Waals surface area contributed by atoms with Gasteiger partial charge in [-0.2, -0.15) is 0 Å². The van der Waals surface area contributed by atoms with Gasteiger partial charge >= 0.3 is 0 Å². The van der Waals surface area contributed by atoms with Crippen LogP contribution < -0.4 is 4.72 Å². The Morgan fingerprint density at radius 1 is 1.35 bits per heavy atom. The molecule has 1 N–H and O–H groups in total. The molecule has 20 heavy (non-hydrogen) atoms. The van der Waals surface area contributed by atoms with Crippen molar-refractivity contribution in [2.45, 2.75) is 49.9 Å². The lowest BCUT2D eigenvalue weighted by Gasteiger charge is -2.23. The molecule has 7 heteroatoms. The normalized spacial score (nSPS) is 15.8. The van der Waals surface area contributed by atoms with Crippen molar-refractivity contribution in [3.05, 3.63) is 23.9 Å². The Balaban J connectivity index is 2.94. The third-order valence-corrected chi connectivity index (χ3v) is 5.37. The molecule has 0 saturated carbocycles. The smallest absolute Gasteiger partial charge is 0.192 e. The molecule has 0 aliphatic carbocycles. The fraction of sp³-hybridized carbons (Fsp3) is 0.615. The average Bonchev–Trinajstić information content (AvgIpc) is 2.33. The lowest BCUT2D eigenvalue weighted by molar-refractivity contribution is 0.584. The highest BCUT2D eigenvalue weighted by Crippen LogP contribution is 2.20. The number of pyridine rings is 1. The molecule has 5 nitrogen and oxygen atoms in total. The van der Waals surface area contributed by atoms with E-state index in [2.05, 4.69) is 9.71 Å². The molecule has 1 rings (SSSR count). The Morgan fingerprint density at radius 3 is 2.30 bits per heavy atom. The predicted molar refractivity (Wildman–Crippen MR) is 81.4 cm³/mol. The van der Waals surface area contributed by atoms with Gasteiger partial charge in [-0.25, -0.2) is 22.3 Å². The minimum absolute atomic E-state index is 0.0491. The van der Waals surface area contributed by atoms with E-state index in [-0.39, 0.29) is 15.8 Å². The second kappa shape index (κ2) is 6.32. The Bertz CT molecular complexity index is 575. The standard InChI is InChI=1S/C13H22N2O3S2/c1-6-11(15-19(16)13(2,3)4)10-7-8-12(14-9-10)20(5,17)18/h7-9,11,15H,6H2,1-5H3. The molecule has 0 aliphatic heterocycles. The molecule has 0 radical (unpaired) electrons. The summed E-state index contributed by atoms with van der Waals surface area (Å²) < 4.78 is 37.6. The van der Waals surface area contributed by atoms with Crippen molar-refractivity contribution in [1.82, 2.24) is 9.71 Å².